The summed E-state index contributed by atoms with van der Waals surface area (Å²) >= 11 is 0. The van der Waals surface area contributed by atoms with Crippen LogP contribution in [0, 0.1) is 0 Å². The monoisotopic (exact) mass is 363 g/mol. The Labute approximate surface area is 159 Å². The summed E-state index contributed by atoms with van der Waals surface area (Å²) in [5.74, 6) is 0.395. The minimum Gasteiger partial charge on any atom is -0.364 e. The van der Waals surface area contributed by atoms with Gasteiger partial charge in [-0.2, -0.15) is 0 Å². The molecule has 2 N–H and O–H groups in total. The summed E-state index contributed by atoms with van der Waals surface area (Å²) in [5, 5.41) is 0. The van der Waals surface area contributed by atoms with Crippen LogP contribution in [-0.2, 0) is 6.54 Å². The Balaban J connectivity index is 1.66. The van der Waals surface area contributed by atoms with E-state index in [9.17, 15) is 4.79 Å². The standard InChI is InChI=1S/C21H25N5O/c22-20(27)17-14-19-18(15-23-17)24-21(16-8-3-1-4-9-16)26(19)13-7-12-25-10-5-2-6-11-25/h1,3-4,8-9,14-15H,2,5-7,10-13H2,(H2,22,27). The number of pyridine rings is 1. The molecule has 2 aromatic heterocycles. The molecule has 4 rings (SSSR count). The fourth-order valence-electron chi connectivity index (χ4n) is 3.83. The van der Waals surface area contributed by atoms with Gasteiger partial charge in [0.15, 0.2) is 0 Å². The van der Waals surface area contributed by atoms with Crippen molar-refractivity contribution in [3.8, 4) is 11.4 Å². The number of likely N-dealkylation sites (tertiary alicyclic amines) is 1. The van der Waals surface area contributed by atoms with Crippen LogP contribution in [0.2, 0.25) is 0 Å². The summed E-state index contributed by atoms with van der Waals surface area (Å²) in [6.45, 7) is 4.33. The molecular weight excluding hydrogens is 338 g/mol. The number of carbonyl (C=O) groups is 1. The Kier molecular flexibility index (Phi) is 5.16. The van der Waals surface area contributed by atoms with Crippen molar-refractivity contribution in [1.82, 2.24) is 19.4 Å². The van der Waals surface area contributed by atoms with E-state index in [4.69, 9.17) is 10.7 Å². The number of carbonyl (C=O) groups excluding carboxylic acids is 1. The number of fused-ring (bicyclic) bond motifs is 1. The number of benzene rings is 1. The van der Waals surface area contributed by atoms with Gasteiger partial charge in [-0.15, -0.1) is 0 Å². The van der Waals surface area contributed by atoms with E-state index in [-0.39, 0.29) is 5.69 Å². The van der Waals surface area contributed by atoms with Crippen molar-refractivity contribution in [1.29, 1.82) is 0 Å². The topological polar surface area (TPSA) is 77.0 Å². The van der Waals surface area contributed by atoms with E-state index in [0.717, 1.165) is 41.9 Å². The molecule has 1 fully saturated rings. The minimum absolute atomic E-state index is 0.277. The van der Waals surface area contributed by atoms with Gasteiger partial charge in [0.1, 0.15) is 17.0 Å². The molecule has 3 aromatic rings. The first-order valence-corrected chi connectivity index (χ1v) is 9.66. The first kappa shape index (κ1) is 17.7. The molecule has 140 valence electrons. The SMILES string of the molecule is NC(=O)c1cc2c(cn1)nc(-c1ccccc1)n2CCCN1CCCCC1. The van der Waals surface area contributed by atoms with Crippen LogP contribution in [0.3, 0.4) is 0 Å². The maximum absolute atomic E-state index is 11.6. The van der Waals surface area contributed by atoms with Gasteiger partial charge in [-0.25, -0.2) is 9.97 Å². The molecule has 1 aromatic carbocycles. The lowest BCUT2D eigenvalue weighted by molar-refractivity contribution is 0.0995. The Bertz CT molecular complexity index is 928. The van der Waals surface area contributed by atoms with Crippen LogP contribution < -0.4 is 5.73 Å². The highest BCUT2D eigenvalue weighted by molar-refractivity contribution is 5.94. The van der Waals surface area contributed by atoms with Crippen LogP contribution in [0.1, 0.15) is 36.2 Å². The third kappa shape index (κ3) is 3.85. The number of hydrogen-bond donors (Lipinski definition) is 1. The summed E-state index contributed by atoms with van der Waals surface area (Å²) in [6, 6.07) is 11.9. The normalized spacial score (nSPS) is 15.3. The van der Waals surface area contributed by atoms with Crippen LogP contribution in [-0.4, -0.2) is 45.0 Å². The second kappa shape index (κ2) is 7.88. The first-order chi connectivity index (χ1) is 13.2. The number of amides is 1. The highest BCUT2D eigenvalue weighted by Gasteiger charge is 2.16. The quantitative estimate of drug-likeness (QED) is 0.730. The number of aryl methyl sites for hydroxylation is 1. The van der Waals surface area contributed by atoms with Gasteiger partial charge in [0, 0.05) is 12.1 Å². The van der Waals surface area contributed by atoms with Gasteiger partial charge in [0.05, 0.1) is 11.7 Å². The molecule has 0 saturated carbocycles. The number of aromatic nitrogens is 3. The van der Waals surface area contributed by atoms with Crippen LogP contribution in [0.4, 0.5) is 0 Å². The smallest absolute Gasteiger partial charge is 0.267 e. The lowest BCUT2D eigenvalue weighted by Gasteiger charge is -2.26. The van der Waals surface area contributed by atoms with Crippen LogP contribution in [0.25, 0.3) is 22.4 Å². The van der Waals surface area contributed by atoms with E-state index >= 15 is 0 Å². The van der Waals surface area contributed by atoms with Crippen LogP contribution >= 0.6 is 0 Å². The molecule has 27 heavy (non-hydrogen) atoms. The lowest BCUT2D eigenvalue weighted by Crippen LogP contribution is -2.31. The highest BCUT2D eigenvalue weighted by atomic mass is 16.1. The Hall–Kier alpha value is -2.73. The van der Waals surface area contributed by atoms with Gasteiger partial charge in [0.2, 0.25) is 0 Å². The van der Waals surface area contributed by atoms with Crippen molar-refractivity contribution in [2.45, 2.75) is 32.2 Å². The number of nitrogens with zero attached hydrogens (tertiary/aromatic N) is 4. The Morgan fingerprint density at radius 3 is 2.59 bits per heavy atom. The summed E-state index contributed by atoms with van der Waals surface area (Å²) in [5.41, 5.74) is 8.47. The Morgan fingerprint density at radius 2 is 1.85 bits per heavy atom. The second-order valence-corrected chi connectivity index (χ2v) is 7.13. The predicted octanol–water partition coefficient (Wildman–Crippen LogP) is 3.07. The van der Waals surface area contributed by atoms with Gasteiger partial charge in [-0.3, -0.25) is 4.79 Å². The molecular formula is C21H25N5O. The molecule has 1 amide bonds. The molecule has 0 radical (unpaired) electrons. The number of nitrogens with two attached hydrogens (primary N) is 1. The average Bonchev–Trinajstić information content (AvgIpc) is 3.07. The van der Waals surface area contributed by atoms with E-state index < -0.39 is 5.91 Å². The number of rotatable bonds is 6. The summed E-state index contributed by atoms with van der Waals surface area (Å²) in [4.78, 5) is 23.1. The summed E-state index contributed by atoms with van der Waals surface area (Å²) in [6.07, 6.45) is 6.64. The lowest BCUT2D eigenvalue weighted by atomic mass is 10.1. The third-order valence-corrected chi connectivity index (χ3v) is 5.22. The number of imidazole rings is 1. The fraction of sp³-hybridized carbons (Fsp3) is 0.381. The van der Waals surface area contributed by atoms with Gasteiger partial charge < -0.3 is 15.2 Å². The van der Waals surface area contributed by atoms with Crippen molar-refractivity contribution in [3.05, 3.63) is 48.3 Å². The van der Waals surface area contributed by atoms with E-state index in [0.29, 0.717) is 0 Å². The third-order valence-electron chi connectivity index (χ3n) is 5.22. The van der Waals surface area contributed by atoms with Crippen LogP contribution in [0.15, 0.2) is 42.6 Å². The molecule has 1 saturated heterocycles. The molecule has 0 unspecified atom stereocenters. The first-order valence-electron chi connectivity index (χ1n) is 9.66. The molecule has 0 spiro atoms. The van der Waals surface area contributed by atoms with Crippen LogP contribution in [0.5, 0.6) is 0 Å². The summed E-state index contributed by atoms with van der Waals surface area (Å²) < 4.78 is 2.20. The highest BCUT2D eigenvalue weighted by Crippen LogP contribution is 2.25. The molecule has 6 nitrogen and oxygen atoms in total. The molecule has 3 heterocycles. The van der Waals surface area contributed by atoms with Gasteiger partial charge in [-0.1, -0.05) is 36.8 Å². The largest absolute Gasteiger partial charge is 0.364 e. The zero-order valence-corrected chi connectivity index (χ0v) is 15.5. The molecule has 0 bridgehead atoms. The number of hydrogen-bond acceptors (Lipinski definition) is 4. The molecule has 6 heteroatoms. The maximum Gasteiger partial charge on any atom is 0.267 e. The van der Waals surface area contributed by atoms with Crippen molar-refractivity contribution >= 4 is 16.9 Å². The van der Waals surface area contributed by atoms with Crippen molar-refractivity contribution in [3.63, 3.8) is 0 Å². The van der Waals surface area contributed by atoms with E-state index in [2.05, 4.69) is 26.6 Å². The molecule has 1 aliphatic heterocycles. The minimum atomic E-state index is -0.515. The molecule has 1 aliphatic rings. The van der Waals surface area contributed by atoms with Crippen molar-refractivity contribution in [2.24, 2.45) is 5.73 Å². The van der Waals surface area contributed by atoms with Gasteiger partial charge in [0.25, 0.3) is 5.91 Å². The number of primary amides is 1. The number of piperidine rings is 1. The second-order valence-electron chi connectivity index (χ2n) is 7.13. The average molecular weight is 363 g/mol. The molecule has 0 aliphatic carbocycles. The molecule has 0 atom stereocenters. The predicted molar refractivity (Wildman–Crippen MR) is 106 cm³/mol. The maximum atomic E-state index is 11.6. The van der Waals surface area contributed by atoms with Crippen molar-refractivity contribution in [2.75, 3.05) is 19.6 Å². The van der Waals surface area contributed by atoms with E-state index in [1.165, 1.54) is 32.4 Å². The fourth-order valence-corrected chi connectivity index (χ4v) is 3.83. The summed E-state index contributed by atoms with van der Waals surface area (Å²) in [7, 11) is 0. The van der Waals surface area contributed by atoms with Crippen molar-refractivity contribution < 1.29 is 4.79 Å². The Morgan fingerprint density at radius 1 is 1.07 bits per heavy atom. The van der Waals surface area contributed by atoms with Gasteiger partial charge in [-0.05, 0) is 45.0 Å². The van der Waals surface area contributed by atoms with E-state index in [1.807, 2.05) is 18.2 Å². The zero-order valence-electron chi connectivity index (χ0n) is 15.5. The van der Waals surface area contributed by atoms with E-state index in [1.54, 1.807) is 12.3 Å². The van der Waals surface area contributed by atoms with Gasteiger partial charge >= 0.3 is 0 Å². The zero-order chi connectivity index (χ0) is 18.6.